The third kappa shape index (κ3) is 6.37. The molecule has 0 aliphatic carbocycles. The number of primary amides is 1. The van der Waals surface area contributed by atoms with Crippen molar-refractivity contribution in [2.75, 3.05) is 7.11 Å². The quantitative estimate of drug-likeness (QED) is 0.738. The summed E-state index contributed by atoms with van der Waals surface area (Å²) in [5.74, 6) is -0.775. The minimum atomic E-state index is -1.05. The zero-order valence-electron chi connectivity index (χ0n) is 13.5. The molecule has 0 spiro atoms. The first kappa shape index (κ1) is 18.5. The first-order valence-corrected chi connectivity index (χ1v) is 7.26. The molecule has 3 amide bonds. The van der Waals surface area contributed by atoms with Gasteiger partial charge >= 0.3 is 12.0 Å². The molecule has 1 aromatic rings. The minimum absolute atomic E-state index is 0.124. The average Bonchev–Trinajstić information content (AvgIpc) is 2.50. The number of aryl methyl sites for hydroxylation is 1. The fourth-order valence-corrected chi connectivity index (χ4v) is 1.92. The smallest absolute Gasteiger partial charge is 0.318 e. The number of ether oxygens (including phenoxy) is 2. The van der Waals surface area contributed by atoms with Crippen molar-refractivity contribution in [3.8, 4) is 5.75 Å². The molecule has 0 aliphatic heterocycles. The van der Waals surface area contributed by atoms with Crippen LogP contribution < -0.4 is 15.8 Å². The highest BCUT2D eigenvalue weighted by Crippen LogP contribution is 2.14. The number of hydrogen-bond donors (Lipinski definition) is 2. The average molecular weight is 322 g/mol. The van der Waals surface area contributed by atoms with Gasteiger partial charge in [-0.15, -0.1) is 0 Å². The van der Waals surface area contributed by atoms with E-state index in [0.29, 0.717) is 6.42 Å². The van der Waals surface area contributed by atoms with Crippen molar-refractivity contribution in [2.24, 2.45) is 11.7 Å². The second-order valence-corrected chi connectivity index (χ2v) is 5.36. The van der Waals surface area contributed by atoms with Gasteiger partial charge in [-0.3, -0.25) is 14.9 Å². The van der Waals surface area contributed by atoms with E-state index in [9.17, 15) is 14.4 Å². The number of benzene rings is 1. The topological polar surface area (TPSA) is 108 Å². The molecule has 0 radical (unpaired) electrons. The van der Waals surface area contributed by atoms with E-state index in [0.717, 1.165) is 11.3 Å². The van der Waals surface area contributed by atoms with Crippen LogP contribution in [0.25, 0.3) is 0 Å². The van der Waals surface area contributed by atoms with Gasteiger partial charge in [0.05, 0.1) is 7.11 Å². The van der Waals surface area contributed by atoms with Gasteiger partial charge in [0.1, 0.15) is 5.75 Å². The van der Waals surface area contributed by atoms with Crippen molar-refractivity contribution in [3.63, 3.8) is 0 Å². The van der Waals surface area contributed by atoms with Crippen LogP contribution in [-0.4, -0.2) is 31.1 Å². The Kier molecular flexibility index (Phi) is 7.05. The molecule has 1 atom stereocenters. The third-order valence-corrected chi connectivity index (χ3v) is 3.15. The van der Waals surface area contributed by atoms with Gasteiger partial charge in [-0.2, -0.15) is 0 Å². The van der Waals surface area contributed by atoms with Gasteiger partial charge in [0, 0.05) is 6.42 Å². The maximum Gasteiger partial charge on any atom is 0.318 e. The molecule has 0 heterocycles. The molecule has 0 aliphatic rings. The second-order valence-electron chi connectivity index (χ2n) is 5.36. The lowest BCUT2D eigenvalue weighted by atomic mass is 10.1. The van der Waals surface area contributed by atoms with Gasteiger partial charge in [-0.25, -0.2) is 4.79 Å². The van der Waals surface area contributed by atoms with Crippen molar-refractivity contribution < 1.29 is 23.9 Å². The molecule has 23 heavy (non-hydrogen) atoms. The Morgan fingerprint density at radius 3 is 2.26 bits per heavy atom. The van der Waals surface area contributed by atoms with E-state index < -0.39 is 24.0 Å². The van der Waals surface area contributed by atoms with Crippen LogP contribution in [0.5, 0.6) is 5.75 Å². The largest absolute Gasteiger partial charge is 0.497 e. The van der Waals surface area contributed by atoms with E-state index in [2.05, 4.69) is 0 Å². The normalized spacial score (nSPS) is 11.7. The number of hydrogen-bond acceptors (Lipinski definition) is 5. The number of amides is 3. The van der Waals surface area contributed by atoms with E-state index in [1.54, 1.807) is 33.1 Å². The minimum Gasteiger partial charge on any atom is -0.497 e. The van der Waals surface area contributed by atoms with Crippen LogP contribution in [0.2, 0.25) is 0 Å². The number of carbonyl (C=O) groups excluding carboxylic acids is 3. The Hall–Kier alpha value is -2.57. The Balaban J connectivity index is 2.54. The highest BCUT2D eigenvalue weighted by atomic mass is 16.5. The van der Waals surface area contributed by atoms with E-state index in [-0.39, 0.29) is 12.3 Å². The molecule has 1 rings (SSSR count). The second kappa shape index (κ2) is 8.77. The zero-order valence-corrected chi connectivity index (χ0v) is 13.5. The predicted octanol–water partition coefficient (Wildman–Crippen LogP) is 1.39. The molecule has 0 saturated carbocycles. The van der Waals surface area contributed by atoms with Crippen LogP contribution in [0.3, 0.4) is 0 Å². The van der Waals surface area contributed by atoms with E-state index in [4.69, 9.17) is 15.2 Å². The highest BCUT2D eigenvalue weighted by Gasteiger charge is 2.27. The van der Waals surface area contributed by atoms with E-state index in [1.165, 1.54) is 0 Å². The van der Waals surface area contributed by atoms with E-state index >= 15 is 0 Å². The maximum atomic E-state index is 11.9. The van der Waals surface area contributed by atoms with Crippen LogP contribution in [0, 0.1) is 5.92 Å². The van der Waals surface area contributed by atoms with Crippen LogP contribution in [0.4, 0.5) is 4.79 Å². The molecule has 0 unspecified atom stereocenters. The van der Waals surface area contributed by atoms with Crippen LogP contribution in [0.15, 0.2) is 24.3 Å². The predicted molar refractivity (Wildman–Crippen MR) is 83.8 cm³/mol. The summed E-state index contributed by atoms with van der Waals surface area (Å²) in [5, 5.41) is 1.92. The van der Waals surface area contributed by atoms with Crippen molar-refractivity contribution in [1.29, 1.82) is 0 Å². The SMILES string of the molecule is COc1ccc(CCC(=O)O[C@@H](C(=O)NC(N)=O)C(C)C)cc1. The summed E-state index contributed by atoms with van der Waals surface area (Å²) in [6.07, 6.45) is -0.448. The Morgan fingerprint density at radius 2 is 1.78 bits per heavy atom. The van der Waals surface area contributed by atoms with Gasteiger partial charge in [0.15, 0.2) is 6.10 Å². The summed E-state index contributed by atoms with van der Waals surface area (Å²) in [6, 6.07) is 6.34. The summed E-state index contributed by atoms with van der Waals surface area (Å²) in [4.78, 5) is 34.4. The highest BCUT2D eigenvalue weighted by molar-refractivity contribution is 5.96. The number of urea groups is 1. The van der Waals surface area contributed by atoms with Crippen molar-refractivity contribution in [3.05, 3.63) is 29.8 Å². The van der Waals surface area contributed by atoms with Gasteiger partial charge < -0.3 is 15.2 Å². The number of esters is 1. The monoisotopic (exact) mass is 322 g/mol. The number of carbonyl (C=O) groups is 3. The summed E-state index contributed by atoms with van der Waals surface area (Å²) in [6.45, 7) is 3.42. The molecule has 0 fully saturated rings. The molecule has 0 saturated heterocycles. The number of nitrogens with one attached hydrogen (secondary N) is 1. The number of nitrogens with two attached hydrogens (primary N) is 1. The fourth-order valence-electron chi connectivity index (χ4n) is 1.92. The lowest BCUT2D eigenvalue weighted by molar-refractivity contribution is -0.158. The standard InChI is InChI=1S/C16H22N2O5/c1-10(2)14(15(20)18-16(17)21)23-13(19)9-6-11-4-7-12(22-3)8-5-11/h4-5,7-8,10,14H,6,9H2,1-3H3,(H3,17,18,20,21)/t14-/m1/s1. The maximum absolute atomic E-state index is 11.9. The molecule has 126 valence electrons. The molecule has 0 aromatic heterocycles. The Labute approximate surface area is 135 Å². The van der Waals surface area contributed by atoms with Crippen molar-refractivity contribution in [2.45, 2.75) is 32.8 Å². The molecular weight excluding hydrogens is 300 g/mol. The number of rotatable bonds is 7. The van der Waals surface area contributed by atoms with Crippen LogP contribution in [-0.2, 0) is 20.7 Å². The number of methoxy groups -OCH3 is 1. The molecule has 7 nitrogen and oxygen atoms in total. The molecular formula is C16H22N2O5. The van der Waals surface area contributed by atoms with Crippen LogP contribution in [0.1, 0.15) is 25.8 Å². The molecule has 3 N–H and O–H groups in total. The number of imide groups is 1. The van der Waals surface area contributed by atoms with Gasteiger partial charge in [-0.05, 0) is 30.0 Å². The van der Waals surface area contributed by atoms with Gasteiger partial charge in [0.25, 0.3) is 5.91 Å². The molecule has 0 bridgehead atoms. The lowest BCUT2D eigenvalue weighted by Gasteiger charge is -2.19. The Bertz CT molecular complexity index is 554. The third-order valence-electron chi connectivity index (χ3n) is 3.15. The lowest BCUT2D eigenvalue weighted by Crippen LogP contribution is -2.45. The summed E-state index contributed by atoms with van der Waals surface area (Å²) < 4.78 is 10.2. The van der Waals surface area contributed by atoms with Gasteiger partial charge in [-0.1, -0.05) is 26.0 Å². The molecule has 1 aromatic carbocycles. The first-order chi connectivity index (χ1) is 10.8. The Morgan fingerprint density at radius 1 is 1.17 bits per heavy atom. The van der Waals surface area contributed by atoms with Crippen molar-refractivity contribution in [1.82, 2.24) is 5.32 Å². The fraction of sp³-hybridized carbons (Fsp3) is 0.438. The van der Waals surface area contributed by atoms with Crippen LogP contribution >= 0.6 is 0 Å². The van der Waals surface area contributed by atoms with E-state index in [1.807, 2.05) is 17.4 Å². The summed E-state index contributed by atoms with van der Waals surface area (Å²) >= 11 is 0. The molecule has 7 heteroatoms. The zero-order chi connectivity index (χ0) is 17.4. The summed E-state index contributed by atoms with van der Waals surface area (Å²) in [7, 11) is 1.58. The van der Waals surface area contributed by atoms with Crippen molar-refractivity contribution >= 4 is 17.9 Å². The first-order valence-electron chi connectivity index (χ1n) is 7.26. The summed E-state index contributed by atoms with van der Waals surface area (Å²) in [5.41, 5.74) is 5.85. The van der Waals surface area contributed by atoms with Gasteiger partial charge in [0.2, 0.25) is 0 Å².